The van der Waals surface area contributed by atoms with Gasteiger partial charge in [0.1, 0.15) is 0 Å². The van der Waals surface area contributed by atoms with E-state index in [4.69, 9.17) is 0 Å². The molecule has 2 heterocycles. The zero-order valence-electron chi connectivity index (χ0n) is 14.6. The largest absolute Gasteiger partial charge is 0.304 e. The normalized spacial score (nSPS) is 16.5. The van der Waals surface area contributed by atoms with Crippen LogP contribution in [0, 0.1) is 0 Å². The number of fused-ring (bicyclic) bond motifs is 1. The van der Waals surface area contributed by atoms with Crippen molar-refractivity contribution in [3.8, 4) is 5.69 Å². The van der Waals surface area contributed by atoms with Crippen LogP contribution in [-0.2, 0) is 6.54 Å². The third-order valence-electron chi connectivity index (χ3n) is 5.06. The van der Waals surface area contributed by atoms with E-state index in [1.54, 1.807) is 0 Å². The molecule has 3 aromatic rings. The lowest BCUT2D eigenvalue weighted by Gasteiger charge is -2.32. The van der Waals surface area contributed by atoms with Crippen molar-refractivity contribution in [2.24, 2.45) is 0 Å². The van der Waals surface area contributed by atoms with Crippen molar-refractivity contribution in [3.63, 3.8) is 0 Å². The van der Waals surface area contributed by atoms with Gasteiger partial charge in [0.2, 0.25) is 0 Å². The maximum atomic E-state index is 13.0. The van der Waals surface area contributed by atoms with Crippen LogP contribution in [0.5, 0.6) is 0 Å². The van der Waals surface area contributed by atoms with Crippen LogP contribution in [0.15, 0.2) is 59.4 Å². The Labute approximate surface area is 147 Å². The Kier molecular flexibility index (Phi) is 4.42. The van der Waals surface area contributed by atoms with Crippen molar-refractivity contribution in [1.82, 2.24) is 19.2 Å². The van der Waals surface area contributed by atoms with E-state index in [-0.39, 0.29) is 5.56 Å². The second-order valence-electron chi connectivity index (χ2n) is 6.74. The van der Waals surface area contributed by atoms with Gasteiger partial charge in [0.25, 0.3) is 5.56 Å². The Morgan fingerprint density at radius 2 is 1.52 bits per heavy atom. The van der Waals surface area contributed by atoms with Crippen LogP contribution in [0.1, 0.15) is 0 Å². The SMILES string of the molecule is CN1CCN(CCn2c(=O)c3ccccc3n2-c2ccccc2)CC1. The minimum atomic E-state index is 0.0913. The average Bonchev–Trinajstić information content (AvgIpc) is 2.94. The summed E-state index contributed by atoms with van der Waals surface area (Å²) in [5, 5.41) is 0.782. The van der Waals surface area contributed by atoms with Crippen LogP contribution >= 0.6 is 0 Å². The fourth-order valence-corrected chi connectivity index (χ4v) is 3.56. The molecule has 25 heavy (non-hydrogen) atoms. The van der Waals surface area contributed by atoms with Crippen molar-refractivity contribution in [3.05, 3.63) is 65.0 Å². The molecule has 0 unspecified atom stereocenters. The fourth-order valence-electron chi connectivity index (χ4n) is 3.56. The van der Waals surface area contributed by atoms with E-state index in [1.165, 1.54) is 0 Å². The van der Waals surface area contributed by atoms with Crippen LogP contribution < -0.4 is 5.56 Å². The first-order valence-electron chi connectivity index (χ1n) is 8.91. The number of hydrogen-bond donors (Lipinski definition) is 0. The van der Waals surface area contributed by atoms with Gasteiger partial charge in [-0.25, -0.2) is 4.68 Å². The van der Waals surface area contributed by atoms with E-state index in [9.17, 15) is 4.79 Å². The summed E-state index contributed by atoms with van der Waals surface area (Å²) in [5.74, 6) is 0. The number of hydrogen-bond acceptors (Lipinski definition) is 3. The van der Waals surface area contributed by atoms with Gasteiger partial charge in [-0.2, -0.15) is 0 Å². The number of rotatable bonds is 4. The summed E-state index contributed by atoms with van der Waals surface area (Å²) >= 11 is 0. The summed E-state index contributed by atoms with van der Waals surface area (Å²) in [4.78, 5) is 17.8. The Morgan fingerprint density at radius 3 is 2.28 bits per heavy atom. The Balaban J connectivity index is 1.70. The summed E-state index contributed by atoms with van der Waals surface area (Å²) in [5.41, 5.74) is 2.09. The number of aromatic nitrogens is 2. The van der Waals surface area contributed by atoms with Gasteiger partial charge in [-0.15, -0.1) is 0 Å². The zero-order valence-corrected chi connectivity index (χ0v) is 14.6. The minimum Gasteiger partial charge on any atom is -0.304 e. The van der Waals surface area contributed by atoms with Gasteiger partial charge in [0, 0.05) is 32.7 Å². The number of likely N-dealkylation sites (N-methyl/N-ethyl adjacent to an activating group) is 1. The van der Waals surface area contributed by atoms with Crippen molar-refractivity contribution < 1.29 is 0 Å². The van der Waals surface area contributed by atoms with E-state index in [1.807, 2.05) is 47.1 Å². The summed E-state index contributed by atoms with van der Waals surface area (Å²) < 4.78 is 3.95. The van der Waals surface area contributed by atoms with E-state index in [0.29, 0.717) is 6.54 Å². The first kappa shape index (κ1) is 16.1. The molecule has 2 aromatic carbocycles. The monoisotopic (exact) mass is 336 g/mol. The van der Waals surface area contributed by atoms with Crippen LogP contribution in [0.3, 0.4) is 0 Å². The Hall–Kier alpha value is -2.37. The van der Waals surface area contributed by atoms with Crippen LogP contribution in [-0.4, -0.2) is 58.9 Å². The quantitative estimate of drug-likeness (QED) is 0.731. The molecule has 1 aliphatic rings. The summed E-state index contributed by atoms with van der Waals surface area (Å²) in [6.07, 6.45) is 0. The molecule has 130 valence electrons. The summed E-state index contributed by atoms with van der Waals surface area (Å²) in [7, 11) is 2.16. The molecule has 5 heteroatoms. The fraction of sp³-hybridized carbons (Fsp3) is 0.350. The number of piperazine rings is 1. The molecule has 5 nitrogen and oxygen atoms in total. The van der Waals surface area contributed by atoms with Crippen LogP contribution in [0.25, 0.3) is 16.6 Å². The molecule has 0 amide bonds. The molecule has 0 spiro atoms. The van der Waals surface area contributed by atoms with Gasteiger partial charge in [0.05, 0.1) is 23.1 Å². The van der Waals surface area contributed by atoms with Crippen molar-refractivity contribution in [2.45, 2.75) is 6.54 Å². The highest BCUT2D eigenvalue weighted by atomic mass is 16.1. The average molecular weight is 336 g/mol. The molecule has 0 N–H and O–H groups in total. The minimum absolute atomic E-state index is 0.0913. The molecule has 1 aliphatic heterocycles. The van der Waals surface area contributed by atoms with Gasteiger partial charge in [-0.3, -0.25) is 14.4 Å². The summed E-state index contributed by atoms with van der Waals surface area (Å²) in [6, 6.07) is 18.0. The van der Waals surface area contributed by atoms with Gasteiger partial charge < -0.3 is 4.90 Å². The maximum absolute atomic E-state index is 13.0. The molecule has 0 saturated carbocycles. The standard InChI is InChI=1S/C20H24N4O/c1-21-11-13-22(14-12-21)15-16-23-20(25)18-9-5-6-10-19(18)24(23)17-7-3-2-4-8-17/h2-10H,11-16H2,1H3. The second kappa shape index (κ2) is 6.86. The van der Waals surface area contributed by atoms with E-state index >= 15 is 0 Å². The second-order valence-corrected chi connectivity index (χ2v) is 6.74. The molecule has 0 atom stereocenters. The molecule has 0 aliphatic carbocycles. The molecular formula is C20H24N4O. The highest BCUT2D eigenvalue weighted by Crippen LogP contribution is 2.17. The smallest absolute Gasteiger partial charge is 0.274 e. The topological polar surface area (TPSA) is 33.4 Å². The van der Waals surface area contributed by atoms with Gasteiger partial charge in [0.15, 0.2) is 0 Å². The van der Waals surface area contributed by atoms with Crippen LogP contribution in [0.4, 0.5) is 0 Å². The third kappa shape index (κ3) is 3.13. The predicted molar refractivity (Wildman–Crippen MR) is 101 cm³/mol. The number of para-hydroxylation sites is 2. The Bertz CT molecular complexity index is 904. The van der Waals surface area contributed by atoms with Crippen LogP contribution in [0.2, 0.25) is 0 Å². The van der Waals surface area contributed by atoms with Crippen molar-refractivity contribution >= 4 is 10.9 Å². The third-order valence-corrected chi connectivity index (χ3v) is 5.06. The Morgan fingerprint density at radius 1 is 0.840 bits per heavy atom. The lowest BCUT2D eigenvalue weighted by atomic mass is 10.2. The molecule has 4 rings (SSSR count). The number of benzene rings is 2. The predicted octanol–water partition coefficient (Wildman–Crippen LogP) is 2.04. The first-order chi connectivity index (χ1) is 12.2. The van der Waals surface area contributed by atoms with Gasteiger partial charge >= 0.3 is 0 Å². The first-order valence-corrected chi connectivity index (χ1v) is 8.91. The highest BCUT2D eigenvalue weighted by molar-refractivity contribution is 5.80. The van der Waals surface area contributed by atoms with E-state index < -0.39 is 0 Å². The lowest BCUT2D eigenvalue weighted by molar-refractivity contribution is 0.147. The van der Waals surface area contributed by atoms with E-state index in [0.717, 1.165) is 49.3 Å². The zero-order chi connectivity index (χ0) is 17.2. The number of nitrogens with zero attached hydrogens (tertiary/aromatic N) is 4. The van der Waals surface area contributed by atoms with E-state index in [2.05, 4.69) is 33.7 Å². The van der Waals surface area contributed by atoms with Gasteiger partial charge in [-0.05, 0) is 31.3 Å². The lowest BCUT2D eigenvalue weighted by Crippen LogP contribution is -2.46. The highest BCUT2D eigenvalue weighted by Gasteiger charge is 2.17. The molecule has 1 aromatic heterocycles. The molecule has 1 saturated heterocycles. The maximum Gasteiger partial charge on any atom is 0.274 e. The molecule has 0 radical (unpaired) electrons. The van der Waals surface area contributed by atoms with Crippen molar-refractivity contribution in [2.75, 3.05) is 39.8 Å². The van der Waals surface area contributed by atoms with Crippen molar-refractivity contribution in [1.29, 1.82) is 0 Å². The van der Waals surface area contributed by atoms with Gasteiger partial charge in [-0.1, -0.05) is 30.3 Å². The molecule has 1 fully saturated rings. The molecule has 0 bridgehead atoms. The summed E-state index contributed by atoms with van der Waals surface area (Å²) in [6.45, 7) is 5.92. The molecular weight excluding hydrogens is 312 g/mol.